The number of aliphatic hydroxyl groups is 1. The first-order valence-electron chi connectivity index (χ1n) is 11.4. The topological polar surface area (TPSA) is 74.5 Å². The molecule has 6 heteroatoms. The first-order valence-corrected chi connectivity index (χ1v) is 12.2. The average Bonchev–Trinajstić information content (AvgIpc) is 3.48. The number of anilines is 1. The lowest BCUT2D eigenvalue weighted by Gasteiger charge is -2.24. The van der Waals surface area contributed by atoms with E-state index in [0.29, 0.717) is 16.9 Å². The predicted molar refractivity (Wildman–Crippen MR) is 117 cm³/mol. The third kappa shape index (κ3) is 3.07. The number of nitrogens with one attached hydrogen (secondary N) is 2. The number of hydrogen-bond donors (Lipinski definition) is 3. The first-order chi connectivity index (χ1) is 14.7. The summed E-state index contributed by atoms with van der Waals surface area (Å²) in [6.07, 6.45) is 10.6. The zero-order valence-electron chi connectivity index (χ0n) is 17.1. The minimum absolute atomic E-state index is 0.205. The number of fused-ring (bicyclic) bond motifs is 4. The minimum atomic E-state index is -0.436. The summed E-state index contributed by atoms with van der Waals surface area (Å²) < 4.78 is 9.00. The number of benzene rings is 1. The highest BCUT2D eigenvalue weighted by molar-refractivity contribution is 7.97. The van der Waals surface area contributed by atoms with Crippen molar-refractivity contribution in [2.45, 2.75) is 81.3 Å². The van der Waals surface area contributed by atoms with Gasteiger partial charge in [-0.15, -0.1) is 0 Å². The molecule has 158 valence electrons. The fourth-order valence-corrected chi connectivity index (χ4v) is 6.71. The second-order valence-electron chi connectivity index (χ2n) is 9.33. The number of aryl methyl sites for hydroxylation is 2. The van der Waals surface area contributed by atoms with Crippen LogP contribution in [0.15, 0.2) is 21.6 Å². The lowest BCUT2D eigenvalue weighted by Crippen LogP contribution is -2.24. The summed E-state index contributed by atoms with van der Waals surface area (Å²) in [6, 6.07) is 4.10. The summed E-state index contributed by atoms with van der Waals surface area (Å²) in [5.41, 5.74) is 7.48. The van der Waals surface area contributed by atoms with E-state index >= 15 is 0 Å². The number of rotatable bonds is 3. The van der Waals surface area contributed by atoms with Gasteiger partial charge in [-0.2, -0.15) is 0 Å². The maximum absolute atomic E-state index is 12.7. The van der Waals surface area contributed by atoms with Gasteiger partial charge in [-0.3, -0.25) is 4.72 Å². The lowest BCUT2D eigenvalue weighted by atomic mass is 9.83. The SMILES string of the molecule is O=C(NSc1cc2c(o1)C1CCC(CC1)C2O)Nc1c2c(cc3c1CCC3)CCC2. The highest BCUT2D eigenvalue weighted by atomic mass is 32.2. The molecule has 1 aromatic heterocycles. The molecule has 1 heterocycles. The van der Waals surface area contributed by atoms with E-state index in [1.165, 1.54) is 47.0 Å². The number of furan rings is 1. The summed E-state index contributed by atoms with van der Waals surface area (Å²) in [7, 11) is 0. The van der Waals surface area contributed by atoms with E-state index in [1.54, 1.807) is 0 Å². The Balaban J connectivity index is 1.18. The van der Waals surface area contributed by atoms with E-state index in [2.05, 4.69) is 16.1 Å². The fourth-order valence-electron chi connectivity index (χ4n) is 6.15. The molecule has 5 aliphatic rings. The molecule has 0 aliphatic heterocycles. The molecule has 0 radical (unpaired) electrons. The van der Waals surface area contributed by atoms with Gasteiger partial charge in [0.25, 0.3) is 0 Å². The van der Waals surface area contributed by atoms with Crippen LogP contribution >= 0.6 is 11.9 Å². The Bertz CT molecular complexity index is 961. The monoisotopic (exact) mass is 424 g/mol. The van der Waals surface area contributed by atoms with Gasteiger partial charge in [0.1, 0.15) is 5.76 Å². The van der Waals surface area contributed by atoms with Crippen LogP contribution in [0.1, 0.15) is 84.1 Å². The first kappa shape index (κ1) is 18.8. The van der Waals surface area contributed by atoms with Crippen LogP contribution in [0.4, 0.5) is 10.5 Å². The summed E-state index contributed by atoms with van der Waals surface area (Å²) >= 11 is 1.20. The third-order valence-electron chi connectivity index (χ3n) is 7.63. The highest BCUT2D eigenvalue weighted by Gasteiger charge is 2.38. The van der Waals surface area contributed by atoms with E-state index in [4.69, 9.17) is 4.42 Å². The predicted octanol–water partition coefficient (Wildman–Crippen LogP) is 5.41. The van der Waals surface area contributed by atoms with E-state index < -0.39 is 6.10 Å². The number of amides is 2. The van der Waals surface area contributed by atoms with Crippen LogP contribution < -0.4 is 10.0 Å². The third-order valence-corrected chi connectivity index (χ3v) is 8.32. The largest absolute Gasteiger partial charge is 0.452 e. The van der Waals surface area contributed by atoms with Crippen molar-refractivity contribution in [1.29, 1.82) is 0 Å². The Labute approximate surface area is 181 Å². The zero-order chi connectivity index (χ0) is 20.2. The van der Waals surface area contributed by atoms with Crippen molar-refractivity contribution in [2.24, 2.45) is 5.92 Å². The summed E-state index contributed by atoms with van der Waals surface area (Å²) in [6.45, 7) is 0. The van der Waals surface area contributed by atoms with Crippen LogP contribution in [0, 0.1) is 5.92 Å². The average molecular weight is 425 g/mol. The number of urea groups is 1. The molecule has 0 spiro atoms. The summed E-state index contributed by atoms with van der Waals surface area (Å²) in [5.74, 6) is 1.69. The molecule has 3 N–H and O–H groups in total. The van der Waals surface area contributed by atoms with E-state index in [-0.39, 0.29) is 6.03 Å². The van der Waals surface area contributed by atoms with Gasteiger partial charge in [0.15, 0.2) is 5.09 Å². The van der Waals surface area contributed by atoms with Crippen LogP contribution in [0.5, 0.6) is 0 Å². The van der Waals surface area contributed by atoms with Gasteiger partial charge in [0, 0.05) is 29.1 Å². The molecule has 1 atom stereocenters. The van der Waals surface area contributed by atoms with Gasteiger partial charge in [-0.05, 0) is 98.4 Å². The van der Waals surface area contributed by atoms with Crippen LogP contribution in [0.25, 0.3) is 0 Å². The van der Waals surface area contributed by atoms with Crippen molar-refractivity contribution in [2.75, 3.05) is 5.32 Å². The van der Waals surface area contributed by atoms with Gasteiger partial charge < -0.3 is 14.8 Å². The Hall–Kier alpha value is -1.92. The molecular formula is C24H28N2O3S. The lowest BCUT2D eigenvalue weighted by molar-refractivity contribution is 0.0910. The van der Waals surface area contributed by atoms with Crippen LogP contribution in [0.3, 0.4) is 0 Å². The number of hydrogen-bond acceptors (Lipinski definition) is 4. The standard InChI is InChI=1S/C24H28N2O3S/c27-22-13-7-9-14(10-8-13)23-19(22)12-20(29-23)30-26-24(28)25-21-17-5-1-3-15(17)11-16-4-2-6-18(16)21/h11-14,22,27H,1-10H2,(H2,25,26,28). The van der Waals surface area contributed by atoms with Crippen molar-refractivity contribution in [1.82, 2.24) is 4.72 Å². The molecular weight excluding hydrogens is 396 g/mol. The van der Waals surface area contributed by atoms with Gasteiger partial charge >= 0.3 is 6.03 Å². The molecule has 2 bridgehead atoms. The van der Waals surface area contributed by atoms with Crippen LogP contribution in [0.2, 0.25) is 0 Å². The second-order valence-corrected chi connectivity index (χ2v) is 10.1. The molecule has 30 heavy (non-hydrogen) atoms. The van der Waals surface area contributed by atoms with Crippen molar-refractivity contribution >= 4 is 23.7 Å². The molecule has 2 amide bonds. The van der Waals surface area contributed by atoms with Gasteiger partial charge in [0.05, 0.1) is 6.10 Å². The second kappa shape index (κ2) is 7.34. The fraction of sp³-hybridized carbons (Fsp3) is 0.542. The van der Waals surface area contributed by atoms with Crippen molar-refractivity contribution in [3.63, 3.8) is 0 Å². The maximum atomic E-state index is 12.7. The van der Waals surface area contributed by atoms with Gasteiger partial charge in [-0.1, -0.05) is 6.07 Å². The molecule has 1 unspecified atom stereocenters. The van der Waals surface area contributed by atoms with Crippen molar-refractivity contribution < 1.29 is 14.3 Å². The smallest absolute Gasteiger partial charge is 0.329 e. The molecule has 1 aromatic carbocycles. The summed E-state index contributed by atoms with van der Waals surface area (Å²) in [5, 5.41) is 14.5. The number of aliphatic hydroxyl groups excluding tert-OH is 1. The minimum Gasteiger partial charge on any atom is -0.452 e. The van der Waals surface area contributed by atoms with Crippen LogP contribution in [-0.4, -0.2) is 11.1 Å². The Kier molecular flexibility index (Phi) is 4.61. The molecule has 5 aliphatic carbocycles. The van der Waals surface area contributed by atoms with Gasteiger partial charge in [0.2, 0.25) is 0 Å². The zero-order valence-corrected chi connectivity index (χ0v) is 17.9. The van der Waals surface area contributed by atoms with E-state index in [0.717, 1.165) is 68.4 Å². The highest BCUT2D eigenvalue weighted by Crippen LogP contribution is 2.49. The van der Waals surface area contributed by atoms with E-state index in [1.807, 2.05) is 6.07 Å². The number of carbonyl (C=O) groups is 1. The molecule has 1 fully saturated rings. The Morgan fingerprint density at radius 3 is 2.40 bits per heavy atom. The van der Waals surface area contributed by atoms with Crippen molar-refractivity contribution in [3.05, 3.63) is 45.7 Å². The Morgan fingerprint density at radius 1 is 1.00 bits per heavy atom. The summed E-state index contributed by atoms with van der Waals surface area (Å²) in [4.78, 5) is 12.7. The quantitative estimate of drug-likeness (QED) is 0.576. The molecule has 5 nitrogen and oxygen atoms in total. The molecule has 2 aromatic rings. The maximum Gasteiger partial charge on any atom is 0.329 e. The number of carbonyl (C=O) groups excluding carboxylic acids is 1. The molecule has 0 saturated heterocycles. The molecule has 7 rings (SSSR count). The van der Waals surface area contributed by atoms with Crippen LogP contribution in [-0.2, 0) is 25.7 Å². The van der Waals surface area contributed by atoms with Crippen molar-refractivity contribution in [3.8, 4) is 0 Å². The normalized spacial score (nSPS) is 26.1. The van der Waals surface area contributed by atoms with Gasteiger partial charge in [-0.25, -0.2) is 4.79 Å². The van der Waals surface area contributed by atoms with E-state index in [9.17, 15) is 9.90 Å². The Morgan fingerprint density at radius 2 is 1.70 bits per heavy atom. The molecule has 1 saturated carbocycles.